The maximum absolute atomic E-state index is 12.7. The first-order valence-electron chi connectivity index (χ1n) is 5.15. The molecule has 0 spiro atoms. The Kier molecular flexibility index (Phi) is 2.82. The summed E-state index contributed by atoms with van der Waals surface area (Å²) >= 11 is 0. The van der Waals surface area contributed by atoms with Crippen molar-refractivity contribution in [2.45, 2.75) is 12.8 Å². The van der Waals surface area contributed by atoms with Crippen molar-refractivity contribution in [1.82, 2.24) is 5.32 Å². The van der Waals surface area contributed by atoms with Gasteiger partial charge >= 0.3 is 0 Å². The second kappa shape index (κ2) is 4.09. The van der Waals surface area contributed by atoms with Crippen LogP contribution in [0.1, 0.15) is 17.0 Å². The van der Waals surface area contributed by atoms with E-state index in [1.165, 1.54) is 11.1 Å². The lowest BCUT2D eigenvalue weighted by Crippen LogP contribution is -2.13. The predicted molar refractivity (Wildman–Crippen MR) is 56.3 cm³/mol. The average molecular weight is 193 g/mol. The molecule has 2 rings (SSSR count). The van der Waals surface area contributed by atoms with Gasteiger partial charge in [0.25, 0.3) is 0 Å². The molecule has 0 saturated carbocycles. The molecule has 76 valence electrons. The highest BCUT2D eigenvalue weighted by Gasteiger charge is 2.28. The molecule has 1 aromatic rings. The van der Waals surface area contributed by atoms with Crippen LogP contribution in [0, 0.1) is 12.8 Å². The van der Waals surface area contributed by atoms with Crippen LogP contribution < -0.4 is 5.32 Å². The molecule has 1 aliphatic rings. The zero-order chi connectivity index (χ0) is 9.97. The molecule has 1 heterocycles. The Morgan fingerprint density at radius 3 is 2.86 bits per heavy atom. The van der Waals surface area contributed by atoms with Crippen molar-refractivity contribution in [2.75, 3.05) is 19.8 Å². The van der Waals surface area contributed by atoms with Gasteiger partial charge in [-0.3, -0.25) is 4.39 Å². The summed E-state index contributed by atoms with van der Waals surface area (Å²) in [4.78, 5) is 0. The van der Waals surface area contributed by atoms with Crippen LogP contribution in [0.2, 0.25) is 0 Å². The van der Waals surface area contributed by atoms with Crippen molar-refractivity contribution in [3.8, 4) is 0 Å². The molecule has 0 unspecified atom stereocenters. The van der Waals surface area contributed by atoms with Gasteiger partial charge in [-0.25, -0.2) is 0 Å². The summed E-state index contributed by atoms with van der Waals surface area (Å²) in [5, 5.41) is 3.26. The molecular weight excluding hydrogens is 177 g/mol. The van der Waals surface area contributed by atoms with Gasteiger partial charge in [0.1, 0.15) is 0 Å². The van der Waals surface area contributed by atoms with Crippen molar-refractivity contribution in [3.05, 3.63) is 35.4 Å². The molecule has 1 aliphatic heterocycles. The van der Waals surface area contributed by atoms with Gasteiger partial charge in [0.15, 0.2) is 0 Å². The summed E-state index contributed by atoms with van der Waals surface area (Å²) in [6, 6.07) is 8.29. The van der Waals surface area contributed by atoms with Crippen molar-refractivity contribution < 1.29 is 4.39 Å². The smallest absolute Gasteiger partial charge is 0.0941 e. The monoisotopic (exact) mass is 193 g/mol. The van der Waals surface area contributed by atoms with Crippen molar-refractivity contribution >= 4 is 0 Å². The number of alkyl halides is 1. The highest BCUT2D eigenvalue weighted by atomic mass is 19.1. The second-order valence-electron chi connectivity index (χ2n) is 4.04. The van der Waals surface area contributed by atoms with Crippen LogP contribution in [0.15, 0.2) is 24.3 Å². The molecule has 14 heavy (non-hydrogen) atoms. The third-order valence-corrected chi connectivity index (χ3v) is 3.13. The number of hydrogen-bond donors (Lipinski definition) is 1. The first-order chi connectivity index (χ1) is 6.83. The molecule has 2 atom stereocenters. The summed E-state index contributed by atoms with van der Waals surface area (Å²) in [5.74, 6) is 0.525. The van der Waals surface area contributed by atoms with E-state index in [9.17, 15) is 4.39 Å². The van der Waals surface area contributed by atoms with E-state index in [4.69, 9.17) is 0 Å². The zero-order valence-electron chi connectivity index (χ0n) is 8.46. The van der Waals surface area contributed by atoms with E-state index in [1.54, 1.807) is 0 Å². The van der Waals surface area contributed by atoms with Gasteiger partial charge in [0, 0.05) is 24.9 Å². The van der Waals surface area contributed by atoms with Crippen LogP contribution >= 0.6 is 0 Å². The minimum Gasteiger partial charge on any atom is -0.316 e. The number of halogens is 1. The van der Waals surface area contributed by atoms with E-state index in [2.05, 4.69) is 24.4 Å². The van der Waals surface area contributed by atoms with Crippen LogP contribution in [-0.2, 0) is 0 Å². The lowest BCUT2D eigenvalue weighted by atomic mass is 9.87. The molecule has 1 nitrogen and oxygen atoms in total. The summed E-state index contributed by atoms with van der Waals surface area (Å²) in [6.45, 7) is 3.61. The van der Waals surface area contributed by atoms with Gasteiger partial charge in [0.05, 0.1) is 6.67 Å². The van der Waals surface area contributed by atoms with Crippen molar-refractivity contribution in [1.29, 1.82) is 0 Å². The Balaban J connectivity index is 2.26. The van der Waals surface area contributed by atoms with Gasteiger partial charge < -0.3 is 5.32 Å². The summed E-state index contributed by atoms with van der Waals surface area (Å²) in [6.07, 6.45) is 0. The highest BCUT2D eigenvalue weighted by Crippen LogP contribution is 2.30. The first-order valence-corrected chi connectivity index (χ1v) is 5.15. The molecule has 1 saturated heterocycles. The maximum Gasteiger partial charge on any atom is 0.0941 e. The van der Waals surface area contributed by atoms with Gasteiger partial charge in [0.2, 0.25) is 0 Å². The fourth-order valence-electron chi connectivity index (χ4n) is 2.26. The lowest BCUT2D eigenvalue weighted by molar-refractivity contribution is 0.358. The van der Waals surface area contributed by atoms with E-state index in [0.717, 1.165) is 13.1 Å². The molecular formula is C12H16FN. The third-order valence-electron chi connectivity index (χ3n) is 3.13. The molecule has 0 radical (unpaired) electrons. The van der Waals surface area contributed by atoms with Gasteiger partial charge in [-0.15, -0.1) is 0 Å². The molecule has 0 bridgehead atoms. The molecule has 1 N–H and O–H groups in total. The Hall–Kier alpha value is -0.890. The minimum atomic E-state index is -0.216. The van der Waals surface area contributed by atoms with Crippen LogP contribution in [-0.4, -0.2) is 19.8 Å². The number of benzene rings is 1. The fourth-order valence-corrected chi connectivity index (χ4v) is 2.26. The van der Waals surface area contributed by atoms with Crippen molar-refractivity contribution in [3.63, 3.8) is 0 Å². The molecule has 0 amide bonds. The van der Waals surface area contributed by atoms with Gasteiger partial charge in [-0.05, 0) is 18.1 Å². The molecule has 0 aliphatic carbocycles. The second-order valence-corrected chi connectivity index (χ2v) is 4.04. The van der Waals surface area contributed by atoms with Gasteiger partial charge in [-0.1, -0.05) is 24.3 Å². The number of nitrogens with one attached hydrogen (secondary N) is 1. The molecule has 1 fully saturated rings. The Morgan fingerprint density at radius 2 is 2.14 bits per heavy atom. The van der Waals surface area contributed by atoms with E-state index in [1.807, 2.05) is 12.1 Å². The largest absolute Gasteiger partial charge is 0.316 e. The summed E-state index contributed by atoms with van der Waals surface area (Å²) in [5.41, 5.74) is 2.58. The maximum atomic E-state index is 12.7. The lowest BCUT2D eigenvalue weighted by Gasteiger charge is -2.17. The normalized spacial score (nSPS) is 26.7. The van der Waals surface area contributed by atoms with E-state index in [0.29, 0.717) is 5.92 Å². The van der Waals surface area contributed by atoms with E-state index in [-0.39, 0.29) is 12.6 Å². The Morgan fingerprint density at radius 1 is 1.36 bits per heavy atom. The van der Waals surface area contributed by atoms with Crippen LogP contribution in [0.3, 0.4) is 0 Å². The van der Waals surface area contributed by atoms with Crippen molar-refractivity contribution in [2.24, 2.45) is 5.92 Å². The average Bonchev–Trinajstić information content (AvgIpc) is 2.66. The third kappa shape index (κ3) is 1.67. The quantitative estimate of drug-likeness (QED) is 0.759. The van der Waals surface area contributed by atoms with E-state index < -0.39 is 0 Å². The molecule has 1 aromatic carbocycles. The SMILES string of the molecule is Cc1ccccc1[C@@H]1CNC[C@@H]1CF. The molecule has 0 aromatic heterocycles. The zero-order valence-corrected chi connectivity index (χ0v) is 8.46. The molecule has 2 heteroatoms. The highest BCUT2D eigenvalue weighted by molar-refractivity contribution is 5.30. The van der Waals surface area contributed by atoms with Crippen LogP contribution in [0.25, 0.3) is 0 Å². The van der Waals surface area contributed by atoms with Crippen LogP contribution in [0.4, 0.5) is 4.39 Å². The minimum absolute atomic E-state index is 0.163. The predicted octanol–water partition coefficient (Wildman–Crippen LogP) is 2.27. The first kappa shape index (κ1) is 9.66. The number of hydrogen-bond acceptors (Lipinski definition) is 1. The number of rotatable bonds is 2. The van der Waals surface area contributed by atoms with Crippen LogP contribution in [0.5, 0.6) is 0 Å². The Bertz CT molecular complexity index is 311. The van der Waals surface area contributed by atoms with E-state index >= 15 is 0 Å². The Labute approximate surface area is 84.3 Å². The standard InChI is InChI=1S/C12H16FN/c1-9-4-2-3-5-11(9)12-8-14-7-10(12)6-13/h2-5,10,12,14H,6-8H2,1H3/t10-,12+/m0/s1. The summed E-state index contributed by atoms with van der Waals surface area (Å²) in [7, 11) is 0. The fraction of sp³-hybridized carbons (Fsp3) is 0.500. The van der Waals surface area contributed by atoms with Gasteiger partial charge in [-0.2, -0.15) is 0 Å². The summed E-state index contributed by atoms with van der Waals surface area (Å²) < 4.78 is 12.7. The topological polar surface area (TPSA) is 12.0 Å². The number of aryl methyl sites for hydroxylation is 1.